The number of aromatic amines is 1. The van der Waals surface area contributed by atoms with Crippen molar-refractivity contribution in [3.8, 4) is 5.75 Å². The number of benzene rings is 1. The second-order valence-corrected chi connectivity index (χ2v) is 6.33. The highest BCUT2D eigenvalue weighted by Gasteiger charge is 2.22. The molecular weight excluding hydrogens is 318 g/mol. The second kappa shape index (κ2) is 7.53. The number of carbonyl (C=O) groups excluding carboxylic acids is 1. The molecule has 25 heavy (non-hydrogen) atoms. The molecule has 2 heterocycles. The molecule has 3 rings (SSSR count). The Labute approximate surface area is 147 Å². The van der Waals surface area contributed by atoms with Gasteiger partial charge in [-0.2, -0.15) is 0 Å². The Hall–Kier alpha value is -2.60. The van der Waals surface area contributed by atoms with E-state index < -0.39 is 0 Å². The van der Waals surface area contributed by atoms with E-state index in [-0.39, 0.29) is 11.5 Å². The lowest BCUT2D eigenvalue weighted by molar-refractivity contribution is 0.0627. The summed E-state index contributed by atoms with van der Waals surface area (Å²) in [6.07, 6.45) is 1.48. The van der Waals surface area contributed by atoms with Crippen molar-refractivity contribution in [1.29, 1.82) is 0 Å². The first-order valence-corrected chi connectivity index (χ1v) is 8.40. The SMILES string of the molecule is COc1ccc(C)cc1CN1CCN(C(=O)c2ccc(=O)[nH]c2)CC1. The lowest BCUT2D eigenvalue weighted by Gasteiger charge is -2.35. The third kappa shape index (κ3) is 4.09. The van der Waals surface area contributed by atoms with Crippen molar-refractivity contribution in [2.45, 2.75) is 13.5 Å². The van der Waals surface area contributed by atoms with Crippen LogP contribution in [0, 0.1) is 6.92 Å². The highest BCUT2D eigenvalue weighted by atomic mass is 16.5. The fraction of sp³-hybridized carbons (Fsp3) is 0.368. The molecule has 6 heteroatoms. The van der Waals surface area contributed by atoms with Crippen LogP contribution in [0.15, 0.2) is 41.3 Å². The molecule has 1 aromatic carbocycles. The molecule has 1 fully saturated rings. The van der Waals surface area contributed by atoms with Gasteiger partial charge in [-0.15, -0.1) is 0 Å². The Bertz CT molecular complexity index is 787. The lowest BCUT2D eigenvalue weighted by atomic mass is 10.1. The second-order valence-electron chi connectivity index (χ2n) is 6.33. The van der Waals surface area contributed by atoms with E-state index in [2.05, 4.69) is 22.9 Å². The van der Waals surface area contributed by atoms with Crippen LogP contribution in [0.4, 0.5) is 0 Å². The number of carbonyl (C=O) groups is 1. The zero-order valence-corrected chi connectivity index (χ0v) is 14.6. The molecule has 0 saturated carbocycles. The van der Waals surface area contributed by atoms with Gasteiger partial charge in [0.2, 0.25) is 5.56 Å². The van der Waals surface area contributed by atoms with E-state index >= 15 is 0 Å². The van der Waals surface area contributed by atoms with Crippen molar-refractivity contribution in [3.63, 3.8) is 0 Å². The Morgan fingerprint density at radius 1 is 1.16 bits per heavy atom. The van der Waals surface area contributed by atoms with Crippen molar-refractivity contribution in [1.82, 2.24) is 14.8 Å². The standard InChI is InChI=1S/C19H23N3O3/c1-14-3-5-17(25-2)16(11-14)13-21-7-9-22(10-8-21)19(24)15-4-6-18(23)20-12-15/h3-6,11-12H,7-10,13H2,1-2H3,(H,20,23). The molecule has 0 bridgehead atoms. The maximum atomic E-state index is 12.5. The van der Waals surface area contributed by atoms with Crippen LogP contribution in [0.3, 0.4) is 0 Å². The number of hydrogen-bond acceptors (Lipinski definition) is 4. The molecule has 6 nitrogen and oxygen atoms in total. The molecule has 0 spiro atoms. The summed E-state index contributed by atoms with van der Waals surface area (Å²) in [5.41, 5.74) is 2.70. The van der Waals surface area contributed by atoms with Gasteiger partial charge in [0.05, 0.1) is 12.7 Å². The first-order chi connectivity index (χ1) is 12.1. The normalized spacial score (nSPS) is 15.2. The molecule has 1 aromatic heterocycles. The number of nitrogens with one attached hydrogen (secondary N) is 1. The number of rotatable bonds is 4. The first kappa shape index (κ1) is 17.2. The van der Waals surface area contributed by atoms with Crippen molar-refractivity contribution >= 4 is 5.91 Å². The predicted octanol–water partition coefficient (Wildman–Crippen LogP) is 1.65. The van der Waals surface area contributed by atoms with Gasteiger partial charge in [0.1, 0.15) is 5.75 Å². The summed E-state index contributed by atoms with van der Waals surface area (Å²) in [4.78, 5) is 30.3. The van der Waals surface area contributed by atoms with Crippen LogP contribution in [0.25, 0.3) is 0 Å². The topological polar surface area (TPSA) is 65.6 Å². The first-order valence-electron chi connectivity index (χ1n) is 8.40. The quantitative estimate of drug-likeness (QED) is 0.918. The summed E-state index contributed by atoms with van der Waals surface area (Å²) >= 11 is 0. The molecule has 2 aromatic rings. The number of ether oxygens (including phenoxy) is 1. The minimum absolute atomic E-state index is 0.0379. The van der Waals surface area contributed by atoms with Crippen molar-refractivity contribution in [2.75, 3.05) is 33.3 Å². The molecule has 0 atom stereocenters. The van der Waals surface area contributed by atoms with Crippen LogP contribution in [0.1, 0.15) is 21.5 Å². The van der Waals surface area contributed by atoms with Gasteiger partial charge in [-0.1, -0.05) is 17.7 Å². The maximum absolute atomic E-state index is 12.5. The van der Waals surface area contributed by atoms with E-state index in [1.54, 1.807) is 13.2 Å². The van der Waals surface area contributed by atoms with Crippen LogP contribution in [0.2, 0.25) is 0 Å². The molecule has 1 aliphatic heterocycles. The van der Waals surface area contributed by atoms with Gasteiger partial charge in [-0.3, -0.25) is 14.5 Å². The summed E-state index contributed by atoms with van der Waals surface area (Å²) in [6, 6.07) is 9.15. The van der Waals surface area contributed by atoms with Crippen LogP contribution >= 0.6 is 0 Å². The van der Waals surface area contributed by atoms with Gasteiger partial charge in [0, 0.05) is 50.6 Å². The van der Waals surface area contributed by atoms with E-state index in [1.165, 1.54) is 23.4 Å². The highest BCUT2D eigenvalue weighted by Crippen LogP contribution is 2.22. The predicted molar refractivity (Wildman–Crippen MR) is 96.0 cm³/mol. The number of nitrogens with zero attached hydrogens (tertiary/aromatic N) is 2. The Kier molecular flexibility index (Phi) is 5.19. The smallest absolute Gasteiger partial charge is 0.255 e. The van der Waals surface area contributed by atoms with Crippen molar-refractivity contribution < 1.29 is 9.53 Å². The molecule has 1 amide bonds. The van der Waals surface area contributed by atoms with E-state index in [9.17, 15) is 9.59 Å². The number of methoxy groups -OCH3 is 1. The van der Waals surface area contributed by atoms with E-state index in [0.717, 1.165) is 25.4 Å². The van der Waals surface area contributed by atoms with Crippen molar-refractivity contribution in [2.24, 2.45) is 0 Å². The third-order valence-corrected chi connectivity index (χ3v) is 4.52. The number of piperazine rings is 1. The van der Waals surface area contributed by atoms with Gasteiger partial charge < -0.3 is 14.6 Å². The summed E-state index contributed by atoms with van der Waals surface area (Å²) in [7, 11) is 1.69. The number of pyridine rings is 1. The number of aromatic nitrogens is 1. The lowest BCUT2D eigenvalue weighted by Crippen LogP contribution is -2.48. The monoisotopic (exact) mass is 341 g/mol. The summed E-state index contributed by atoms with van der Waals surface area (Å²) in [5.74, 6) is 0.862. The van der Waals surface area contributed by atoms with Gasteiger partial charge >= 0.3 is 0 Å². The average Bonchev–Trinajstić information content (AvgIpc) is 2.63. The molecule has 0 aliphatic carbocycles. The summed E-state index contributed by atoms with van der Waals surface area (Å²) in [5, 5.41) is 0. The molecule has 0 unspecified atom stereocenters. The minimum atomic E-state index is -0.200. The van der Waals surface area contributed by atoms with Crippen LogP contribution in [-0.4, -0.2) is 54.0 Å². The summed E-state index contributed by atoms with van der Waals surface area (Å²) < 4.78 is 5.45. The maximum Gasteiger partial charge on any atom is 0.255 e. The molecule has 1 saturated heterocycles. The van der Waals surface area contributed by atoms with Crippen LogP contribution < -0.4 is 10.3 Å². The Morgan fingerprint density at radius 3 is 2.56 bits per heavy atom. The van der Waals surface area contributed by atoms with Crippen LogP contribution in [0.5, 0.6) is 5.75 Å². The van der Waals surface area contributed by atoms with Gasteiger partial charge in [-0.05, 0) is 19.1 Å². The zero-order chi connectivity index (χ0) is 17.8. The number of hydrogen-bond donors (Lipinski definition) is 1. The van der Waals surface area contributed by atoms with E-state index in [1.807, 2.05) is 17.0 Å². The third-order valence-electron chi connectivity index (χ3n) is 4.52. The summed E-state index contributed by atoms with van der Waals surface area (Å²) in [6.45, 7) is 5.85. The number of amides is 1. The Balaban J connectivity index is 1.60. The van der Waals surface area contributed by atoms with Crippen molar-refractivity contribution in [3.05, 3.63) is 63.6 Å². The average molecular weight is 341 g/mol. The molecule has 1 aliphatic rings. The molecule has 132 valence electrons. The molecule has 0 radical (unpaired) electrons. The highest BCUT2D eigenvalue weighted by molar-refractivity contribution is 5.93. The van der Waals surface area contributed by atoms with E-state index in [4.69, 9.17) is 4.74 Å². The molecular formula is C19H23N3O3. The fourth-order valence-electron chi connectivity index (χ4n) is 3.11. The Morgan fingerprint density at radius 2 is 1.92 bits per heavy atom. The fourth-order valence-corrected chi connectivity index (χ4v) is 3.11. The number of H-pyrrole nitrogens is 1. The largest absolute Gasteiger partial charge is 0.496 e. The van der Waals surface area contributed by atoms with Gasteiger partial charge in [0.25, 0.3) is 5.91 Å². The zero-order valence-electron chi connectivity index (χ0n) is 14.6. The van der Waals surface area contributed by atoms with Gasteiger partial charge in [-0.25, -0.2) is 0 Å². The van der Waals surface area contributed by atoms with Crippen LogP contribution in [-0.2, 0) is 6.54 Å². The van der Waals surface area contributed by atoms with Gasteiger partial charge in [0.15, 0.2) is 0 Å². The number of aryl methyl sites for hydroxylation is 1. The minimum Gasteiger partial charge on any atom is -0.496 e. The molecule has 1 N–H and O–H groups in total. The van der Waals surface area contributed by atoms with E-state index in [0.29, 0.717) is 18.7 Å².